The molecule has 0 spiro atoms. The van der Waals surface area contributed by atoms with Crippen LogP contribution in [0, 0.1) is 0 Å². The number of aromatic nitrogens is 1. The molecule has 1 heterocycles. The molecule has 0 bridgehead atoms. The number of ketones is 1. The molecule has 3 rings (SSSR count). The first-order chi connectivity index (χ1) is 13.5. The largest absolute Gasteiger partial charge is 0.347 e. The number of carbonyl (C=O) groups is 2. The van der Waals surface area contributed by atoms with Crippen LogP contribution < -0.4 is 10.6 Å². The lowest BCUT2D eigenvalue weighted by Crippen LogP contribution is -2.20. The highest BCUT2D eigenvalue weighted by Gasteiger charge is 2.05. The molecule has 0 saturated carbocycles. The van der Waals surface area contributed by atoms with Crippen LogP contribution in [0.2, 0.25) is 5.02 Å². The number of hydrogen-bond donors (Lipinski definition) is 2. The van der Waals surface area contributed by atoms with E-state index < -0.39 is 0 Å². The smallest absolute Gasteiger partial charge is 0.244 e. The zero-order chi connectivity index (χ0) is 19.9. The number of hydrogen-bond acceptors (Lipinski definition) is 5. The molecule has 2 N–H and O–H groups in total. The molecule has 0 atom stereocenters. The van der Waals surface area contributed by atoms with Gasteiger partial charge in [-0.1, -0.05) is 23.7 Å². The predicted molar refractivity (Wildman–Crippen MR) is 114 cm³/mol. The first-order valence-corrected chi connectivity index (χ1v) is 9.79. The summed E-state index contributed by atoms with van der Waals surface area (Å²) in [4.78, 5) is 27.7. The third kappa shape index (κ3) is 5.77. The number of carbonyl (C=O) groups excluding carboxylic acids is 2. The van der Waals surface area contributed by atoms with Gasteiger partial charge < -0.3 is 10.6 Å². The normalized spacial score (nSPS) is 10.8. The van der Waals surface area contributed by atoms with E-state index in [4.69, 9.17) is 11.6 Å². The van der Waals surface area contributed by atoms with E-state index in [1.54, 1.807) is 30.3 Å². The van der Waals surface area contributed by atoms with Crippen LogP contribution >= 0.6 is 22.9 Å². The van der Waals surface area contributed by atoms with Crippen molar-refractivity contribution in [3.05, 3.63) is 81.8 Å². The zero-order valence-corrected chi connectivity index (χ0v) is 16.7. The van der Waals surface area contributed by atoms with Crippen molar-refractivity contribution < 1.29 is 9.59 Å². The van der Waals surface area contributed by atoms with Gasteiger partial charge in [0, 0.05) is 27.7 Å². The third-order valence-corrected chi connectivity index (χ3v) is 4.89. The molecule has 142 valence electrons. The molecule has 0 aliphatic carbocycles. The Morgan fingerprint density at radius 1 is 1.11 bits per heavy atom. The topological polar surface area (TPSA) is 71.1 Å². The molecular formula is C21H18ClN3O2S. The quantitative estimate of drug-likeness (QED) is 0.420. The molecule has 7 heteroatoms. The molecule has 2 aromatic carbocycles. The number of nitrogens with one attached hydrogen (secondary N) is 2. The van der Waals surface area contributed by atoms with E-state index in [-0.39, 0.29) is 11.7 Å². The van der Waals surface area contributed by atoms with Gasteiger partial charge in [-0.15, -0.1) is 11.3 Å². The molecule has 0 saturated heterocycles. The van der Waals surface area contributed by atoms with E-state index in [0.717, 1.165) is 22.1 Å². The summed E-state index contributed by atoms with van der Waals surface area (Å²) in [5.74, 6) is -0.166. The van der Waals surface area contributed by atoms with Gasteiger partial charge in [-0.25, -0.2) is 4.98 Å². The first-order valence-electron chi connectivity index (χ1n) is 8.53. The maximum atomic E-state index is 11.9. The van der Waals surface area contributed by atoms with E-state index >= 15 is 0 Å². The number of benzene rings is 2. The number of nitrogens with zero attached hydrogens (tertiary/aromatic N) is 1. The molecular weight excluding hydrogens is 394 g/mol. The van der Waals surface area contributed by atoms with Crippen LogP contribution in [0.25, 0.3) is 6.08 Å². The van der Waals surface area contributed by atoms with Gasteiger partial charge in [0.2, 0.25) is 5.91 Å². The van der Waals surface area contributed by atoms with Crippen molar-refractivity contribution >= 4 is 51.5 Å². The van der Waals surface area contributed by atoms with Gasteiger partial charge in [-0.05, 0) is 55.0 Å². The second-order valence-electron chi connectivity index (χ2n) is 6.01. The minimum Gasteiger partial charge on any atom is -0.347 e. The Hall–Kier alpha value is -2.96. The molecule has 0 aliphatic rings. The summed E-state index contributed by atoms with van der Waals surface area (Å²) in [6, 6.07) is 14.4. The maximum Gasteiger partial charge on any atom is 0.244 e. The summed E-state index contributed by atoms with van der Waals surface area (Å²) < 4.78 is 0. The fraction of sp³-hybridized carbons (Fsp3) is 0.0952. The Labute approximate surface area is 172 Å². The SMILES string of the molecule is CC(=O)c1ccc(Nc2nc(CNC(=O)/C=C/c3ccc(Cl)cc3)cs2)cc1. The van der Waals surface area contributed by atoms with Crippen LogP contribution in [-0.2, 0) is 11.3 Å². The Bertz CT molecular complexity index is 995. The molecule has 28 heavy (non-hydrogen) atoms. The van der Waals surface area contributed by atoms with Crippen molar-refractivity contribution in [1.29, 1.82) is 0 Å². The van der Waals surface area contributed by atoms with Crippen LogP contribution in [0.15, 0.2) is 60.0 Å². The van der Waals surface area contributed by atoms with Gasteiger partial charge in [0.1, 0.15) is 0 Å². The minimum atomic E-state index is -0.197. The fourth-order valence-corrected chi connectivity index (χ4v) is 3.20. The van der Waals surface area contributed by atoms with Crippen molar-refractivity contribution in [1.82, 2.24) is 10.3 Å². The van der Waals surface area contributed by atoms with Crippen molar-refractivity contribution in [2.45, 2.75) is 13.5 Å². The van der Waals surface area contributed by atoms with Crippen LogP contribution in [-0.4, -0.2) is 16.7 Å². The van der Waals surface area contributed by atoms with Crippen molar-refractivity contribution in [3.8, 4) is 0 Å². The Balaban J connectivity index is 1.50. The predicted octanol–water partition coefficient (Wildman–Crippen LogP) is 5.07. The van der Waals surface area contributed by atoms with Crippen LogP contribution in [0.4, 0.5) is 10.8 Å². The maximum absolute atomic E-state index is 11.9. The highest BCUT2D eigenvalue weighted by molar-refractivity contribution is 7.13. The van der Waals surface area contributed by atoms with E-state index in [1.807, 2.05) is 29.6 Å². The molecule has 0 aliphatic heterocycles. The molecule has 0 fully saturated rings. The summed E-state index contributed by atoms with van der Waals surface area (Å²) >= 11 is 7.28. The first kappa shape index (κ1) is 19.8. The highest BCUT2D eigenvalue weighted by Crippen LogP contribution is 2.21. The Kier molecular flexibility index (Phi) is 6.57. The summed E-state index contributed by atoms with van der Waals surface area (Å²) in [6.07, 6.45) is 3.20. The Morgan fingerprint density at radius 3 is 2.50 bits per heavy atom. The van der Waals surface area contributed by atoms with Crippen LogP contribution in [0.5, 0.6) is 0 Å². The number of rotatable bonds is 7. The van der Waals surface area contributed by atoms with Crippen molar-refractivity contribution in [3.63, 3.8) is 0 Å². The molecule has 0 unspecified atom stereocenters. The molecule has 3 aromatic rings. The summed E-state index contributed by atoms with van der Waals surface area (Å²) in [6.45, 7) is 1.87. The molecule has 1 aromatic heterocycles. The highest BCUT2D eigenvalue weighted by atomic mass is 35.5. The zero-order valence-electron chi connectivity index (χ0n) is 15.1. The van der Waals surface area contributed by atoms with Gasteiger partial charge in [0.25, 0.3) is 0 Å². The van der Waals surface area contributed by atoms with E-state index in [2.05, 4.69) is 15.6 Å². The average molecular weight is 412 g/mol. The van der Waals surface area contributed by atoms with E-state index in [0.29, 0.717) is 17.1 Å². The van der Waals surface area contributed by atoms with Crippen LogP contribution in [0.1, 0.15) is 28.5 Å². The summed E-state index contributed by atoms with van der Waals surface area (Å²) in [7, 11) is 0. The summed E-state index contributed by atoms with van der Waals surface area (Å²) in [5.41, 5.74) is 3.18. The second-order valence-corrected chi connectivity index (χ2v) is 7.30. The Morgan fingerprint density at radius 2 is 1.82 bits per heavy atom. The monoisotopic (exact) mass is 411 g/mol. The second kappa shape index (κ2) is 9.30. The van der Waals surface area contributed by atoms with Gasteiger partial charge >= 0.3 is 0 Å². The average Bonchev–Trinajstić information content (AvgIpc) is 3.13. The number of amides is 1. The van der Waals surface area contributed by atoms with Gasteiger partial charge in [-0.2, -0.15) is 0 Å². The van der Waals surface area contributed by atoms with Gasteiger partial charge in [-0.3, -0.25) is 9.59 Å². The van der Waals surface area contributed by atoms with E-state index in [1.165, 1.54) is 24.3 Å². The standard InChI is InChI=1S/C21H18ClN3O2S/c1-14(26)16-5-9-18(10-6-16)24-21-25-19(13-28-21)12-23-20(27)11-4-15-2-7-17(22)8-3-15/h2-11,13H,12H2,1H3,(H,23,27)(H,24,25)/b11-4+. The number of anilines is 2. The van der Waals surface area contributed by atoms with Crippen molar-refractivity contribution in [2.75, 3.05) is 5.32 Å². The summed E-state index contributed by atoms with van der Waals surface area (Å²) in [5, 5.41) is 9.25. The van der Waals surface area contributed by atoms with Gasteiger partial charge in [0.15, 0.2) is 10.9 Å². The van der Waals surface area contributed by atoms with Crippen molar-refractivity contribution in [2.24, 2.45) is 0 Å². The lowest BCUT2D eigenvalue weighted by atomic mass is 10.1. The number of thiazole rings is 1. The minimum absolute atomic E-state index is 0.0314. The third-order valence-electron chi connectivity index (χ3n) is 3.84. The molecule has 5 nitrogen and oxygen atoms in total. The van der Waals surface area contributed by atoms with Gasteiger partial charge in [0.05, 0.1) is 12.2 Å². The lowest BCUT2D eigenvalue weighted by Gasteiger charge is -2.03. The van der Waals surface area contributed by atoms with Crippen LogP contribution in [0.3, 0.4) is 0 Å². The molecule has 1 amide bonds. The lowest BCUT2D eigenvalue weighted by molar-refractivity contribution is -0.116. The fourth-order valence-electron chi connectivity index (χ4n) is 2.34. The molecule has 0 radical (unpaired) electrons. The van der Waals surface area contributed by atoms with E-state index in [9.17, 15) is 9.59 Å². The number of halogens is 1. The number of Topliss-reactive ketones (excluding diaryl/α,β-unsaturated/α-hetero) is 1.